The van der Waals surface area contributed by atoms with Gasteiger partial charge in [0.2, 0.25) is 5.91 Å². The second-order valence-electron chi connectivity index (χ2n) is 5.57. The maximum atomic E-state index is 11.6. The summed E-state index contributed by atoms with van der Waals surface area (Å²) in [5.41, 5.74) is 5.42. The molecule has 0 aromatic carbocycles. The van der Waals surface area contributed by atoms with Crippen LogP contribution in [0.1, 0.15) is 51.9 Å². The fourth-order valence-electron chi connectivity index (χ4n) is 2.37. The number of carbonyl (C=O) groups is 2. The first-order valence-electron chi connectivity index (χ1n) is 6.68. The van der Waals surface area contributed by atoms with Gasteiger partial charge in [-0.2, -0.15) is 0 Å². The largest absolute Gasteiger partial charge is 0.481 e. The van der Waals surface area contributed by atoms with E-state index < -0.39 is 5.97 Å². The maximum absolute atomic E-state index is 11.6. The highest BCUT2D eigenvalue weighted by atomic mass is 16.4. The number of carbonyl (C=O) groups excluding carboxylic acids is 1. The highest BCUT2D eigenvalue weighted by molar-refractivity contribution is 5.76. The zero-order valence-corrected chi connectivity index (χ0v) is 11.1. The quantitative estimate of drug-likeness (QED) is 0.609. The van der Waals surface area contributed by atoms with Gasteiger partial charge in [-0.25, -0.2) is 0 Å². The van der Waals surface area contributed by atoms with E-state index in [0.717, 1.165) is 32.1 Å². The van der Waals surface area contributed by atoms with Crippen LogP contribution in [0.15, 0.2) is 0 Å². The molecule has 1 saturated carbocycles. The van der Waals surface area contributed by atoms with Crippen LogP contribution in [0.25, 0.3) is 0 Å². The Morgan fingerprint density at radius 2 is 2.11 bits per heavy atom. The fraction of sp³-hybridized carbons (Fsp3) is 0.846. The number of carboxylic acid groups (broad SMARTS) is 1. The Labute approximate surface area is 108 Å². The van der Waals surface area contributed by atoms with Crippen LogP contribution in [-0.2, 0) is 9.59 Å². The molecule has 5 nitrogen and oxygen atoms in total. The SMILES string of the molecule is CC(N)CCCC(=O)NCC1(CC(=O)O)CCC1. The van der Waals surface area contributed by atoms with Crippen molar-refractivity contribution >= 4 is 11.9 Å². The van der Waals surface area contributed by atoms with Gasteiger partial charge in [-0.15, -0.1) is 0 Å². The molecule has 18 heavy (non-hydrogen) atoms. The average Bonchev–Trinajstić information content (AvgIpc) is 2.20. The first-order chi connectivity index (χ1) is 8.43. The minimum absolute atomic E-state index is 0.00677. The lowest BCUT2D eigenvalue weighted by molar-refractivity contribution is -0.141. The van der Waals surface area contributed by atoms with Gasteiger partial charge in [-0.1, -0.05) is 6.42 Å². The molecule has 0 saturated heterocycles. The molecule has 0 bridgehead atoms. The van der Waals surface area contributed by atoms with Gasteiger partial charge >= 0.3 is 5.97 Å². The number of nitrogens with two attached hydrogens (primary N) is 1. The minimum Gasteiger partial charge on any atom is -0.481 e. The molecule has 1 amide bonds. The predicted octanol–water partition coefficient (Wildman–Crippen LogP) is 1.27. The summed E-state index contributed by atoms with van der Waals surface area (Å²) in [5.74, 6) is -0.770. The lowest BCUT2D eigenvalue weighted by Crippen LogP contribution is -2.43. The Kier molecular flexibility index (Phi) is 5.59. The van der Waals surface area contributed by atoms with E-state index in [-0.39, 0.29) is 23.8 Å². The van der Waals surface area contributed by atoms with Crippen LogP contribution in [0.5, 0.6) is 0 Å². The standard InChI is InChI=1S/C13H24N2O3/c1-10(14)4-2-5-11(16)15-9-13(6-3-7-13)8-12(17)18/h10H,2-9,14H2,1H3,(H,15,16)(H,17,18). The molecule has 4 N–H and O–H groups in total. The second-order valence-corrected chi connectivity index (χ2v) is 5.57. The van der Waals surface area contributed by atoms with Crippen molar-refractivity contribution in [2.24, 2.45) is 11.1 Å². The van der Waals surface area contributed by atoms with Crippen LogP contribution in [0.3, 0.4) is 0 Å². The van der Waals surface area contributed by atoms with E-state index in [1.165, 1.54) is 0 Å². The van der Waals surface area contributed by atoms with Crippen LogP contribution in [-0.4, -0.2) is 29.6 Å². The fourth-order valence-corrected chi connectivity index (χ4v) is 2.37. The predicted molar refractivity (Wildman–Crippen MR) is 69.0 cm³/mol. The molecule has 5 heteroatoms. The van der Waals surface area contributed by atoms with E-state index >= 15 is 0 Å². The lowest BCUT2D eigenvalue weighted by Gasteiger charge is -2.40. The Morgan fingerprint density at radius 3 is 2.56 bits per heavy atom. The number of nitrogens with one attached hydrogen (secondary N) is 1. The van der Waals surface area contributed by atoms with Gasteiger partial charge in [-0.05, 0) is 38.0 Å². The van der Waals surface area contributed by atoms with Crippen LogP contribution in [0.4, 0.5) is 0 Å². The summed E-state index contributed by atoms with van der Waals surface area (Å²) < 4.78 is 0. The van der Waals surface area contributed by atoms with Gasteiger partial charge in [-0.3, -0.25) is 9.59 Å². The molecule has 1 aliphatic carbocycles. The number of hydrogen-bond acceptors (Lipinski definition) is 3. The van der Waals surface area contributed by atoms with Gasteiger partial charge in [0.1, 0.15) is 0 Å². The zero-order chi connectivity index (χ0) is 13.6. The highest BCUT2D eigenvalue weighted by Crippen LogP contribution is 2.43. The Hall–Kier alpha value is -1.10. The number of carboxylic acids is 1. The monoisotopic (exact) mass is 256 g/mol. The lowest BCUT2D eigenvalue weighted by atomic mass is 9.66. The molecular weight excluding hydrogens is 232 g/mol. The third-order valence-corrected chi connectivity index (χ3v) is 3.66. The molecule has 0 spiro atoms. The van der Waals surface area contributed by atoms with Crippen LogP contribution in [0, 0.1) is 5.41 Å². The number of hydrogen-bond donors (Lipinski definition) is 3. The Bertz CT molecular complexity index is 299. The molecule has 1 unspecified atom stereocenters. The zero-order valence-electron chi connectivity index (χ0n) is 11.1. The Balaban J connectivity index is 2.22. The van der Waals surface area contributed by atoms with Crippen molar-refractivity contribution in [3.63, 3.8) is 0 Å². The average molecular weight is 256 g/mol. The smallest absolute Gasteiger partial charge is 0.303 e. The van der Waals surface area contributed by atoms with Gasteiger partial charge in [0.25, 0.3) is 0 Å². The number of rotatable bonds is 8. The van der Waals surface area contributed by atoms with E-state index in [2.05, 4.69) is 5.32 Å². The van der Waals surface area contributed by atoms with Crippen molar-refractivity contribution in [1.29, 1.82) is 0 Å². The van der Waals surface area contributed by atoms with Crippen molar-refractivity contribution < 1.29 is 14.7 Å². The molecule has 1 atom stereocenters. The molecule has 0 aromatic rings. The molecule has 0 aliphatic heterocycles. The van der Waals surface area contributed by atoms with E-state index in [0.29, 0.717) is 13.0 Å². The van der Waals surface area contributed by atoms with Crippen LogP contribution >= 0.6 is 0 Å². The summed E-state index contributed by atoms with van der Waals surface area (Å²) >= 11 is 0. The van der Waals surface area contributed by atoms with E-state index in [1.807, 2.05) is 6.92 Å². The van der Waals surface area contributed by atoms with Crippen molar-refractivity contribution in [3.05, 3.63) is 0 Å². The third kappa shape index (κ3) is 5.04. The van der Waals surface area contributed by atoms with E-state index in [4.69, 9.17) is 10.8 Å². The van der Waals surface area contributed by atoms with Gasteiger partial charge < -0.3 is 16.2 Å². The van der Waals surface area contributed by atoms with Crippen LogP contribution in [0.2, 0.25) is 0 Å². The molecular formula is C13H24N2O3. The second kappa shape index (κ2) is 6.73. The van der Waals surface area contributed by atoms with E-state index in [9.17, 15) is 9.59 Å². The summed E-state index contributed by atoms with van der Waals surface area (Å²) in [6, 6.07) is 0.128. The topological polar surface area (TPSA) is 92.4 Å². The number of amides is 1. The first-order valence-corrected chi connectivity index (χ1v) is 6.68. The van der Waals surface area contributed by atoms with Crippen molar-refractivity contribution in [1.82, 2.24) is 5.32 Å². The molecule has 0 radical (unpaired) electrons. The summed E-state index contributed by atoms with van der Waals surface area (Å²) in [7, 11) is 0. The summed E-state index contributed by atoms with van der Waals surface area (Å²) in [4.78, 5) is 22.4. The molecule has 1 rings (SSSR count). The molecule has 0 aromatic heterocycles. The van der Waals surface area contributed by atoms with Gasteiger partial charge in [0.05, 0.1) is 6.42 Å². The normalized spacial score (nSPS) is 18.8. The van der Waals surface area contributed by atoms with Crippen molar-refractivity contribution in [3.8, 4) is 0 Å². The summed E-state index contributed by atoms with van der Waals surface area (Å²) in [6.45, 7) is 2.42. The molecule has 1 fully saturated rings. The van der Waals surface area contributed by atoms with Gasteiger partial charge in [0.15, 0.2) is 0 Å². The van der Waals surface area contributed by atoms with Crippen molar-refractivity contribution in [2.45, 2.75) is 57.9 Å². The molecule has 0 heterocycles. The maximum Gasteiger partial charge on any atom is 0.303 e. The van der Waals surface area contributed by atoms with E-state index in [1.54, 1.807) is 0 Å². The summed E-state index contributed by atoms with van der Waals surface area (Å²) in [5, 5.41) is 11.7. The van der Waals surface area contributed by atoms with Crippen molar-refractivity contribution in [2.75, 3.05) is 6.54 Å². The van der Waals surface area contributed by atoms with Crippen LogP contribution < -0.4 is 11.1 Å². The van der Waals surface area contributed by atoms with Gasteiger partial charge in [0, 0.05) is 19.0 Å². The third-order valence-electron chi connectivity index (χ3n) is 3.66. The summed E-state index contributed by atoms with van der Waals surface area (Å²) in [6.07, 6.45) is 5.13. The minimum atomic E-state index is -0.777. The number of aliphatic carboxylic acids is 1. The Morgan fingerprint density at radius 1 is 1.44 bits per heavy atom. The molecule has 1 aliphatic rings. The molecule has 104 valence electrons. The highest BCUT2D eigenvalue weighted by Gasteiger charge is 2.39. The first kappa shape index (κ1) is 15.0.